The molecule has 2 aliphatic carbocycles. The van der Waals surface area contributed by atoms with Gasteiger partial charge in [0.15, 0.2) is 0 Å². The zero-order valence-corrected chi connectivity index (χ0v) is 17.6. The molecule has 0 unspecified atom stereocenters. The second-order valence-corrected chi connectivity index (χ2v) is 11.6. The van der Waals surface area contributed by atoms with Gasteiger partial charge in [0, 0.05) is 24.3 Å². The lowest BCUT2D eigenvalue weighted by atomic mass is 9.86. The fraction of sp³-hybridized carbons (Fsp3) is 0.714. The van der Waals surface area contributed by atoms with Crippen LogP contribution >= 0.6 is 0 Å². The van der Waals surface area contributed by atoms with Crippen molar-refractivity contribution in [2.45, 2.75) is 70.1 Å². The van der Waals surface area contributed by atoms with Gasteiger partial charge in [0.25, 0.3) is 0 Å². The molecule has 3 rings (SSSR count). The number of benzene rings is 1. The van der Waals surface area contributed by atoms with Gasteiger partial charge in [0.1, 0.15) is 5.75 Å². The van der Waals surface area contributed by atoms with Crippen molar-refractivity contribution in [2.75, 3.05) is 18.5 Å². The number of hydrogen-bond acceptors (Lipinski definition) is 4. The molecule has 1 aromatic carbocycles. The maximum absolute atomic E-state index is 12.3. The molecule has 2 saturated carbocycles. The van der Waals surface area contributed by atoms with Crippen molar-refractivity contribution >= 4 is 15.7 Å². The smallest absolute Gasteiger partial charge is 0.216 e. The Kier molecular flexibility index (Phi) is 6.36. The van der Waals surface area contributed by atoms with Crippen molar-refractivity contribution in [3.63, 3.8) is 0 Å². The van der Waals surface area contributed by atoms with Crippen molar-refractivity contribution in [3.05, 3.63) is 24.3 Å². The molecule has 0 spiro atoms. The van der Waals surface area contributed by atoms with E-state index in [1.807, 2.05) is 12.1 Å². The molecule has 2 N–H and O–H groups in total. The van der Waals surface area contributed by atoms with E-state index >= 15 is 0 Å². The van der Waals surface area contributed by atoms with E-state index in [1.165, 1.54) is 12.8 Å². The van der Waals surface area contributed by atoms with Crippen LogP contribution in [0.1, 0.15) is 59.3 Å². The third-order valence-corrected chi connectivity index (χ3v) is 7.84. The van der Waals surface area contributed by atoms with Crippen LogP contribution in [0.25, 0.3) is 0 Å². The van der Waals surface area contributed by atoms with Gasteiger partial charge < -0.3 is 10.1 Å². The first-order chi connectivity index (χ1) is 12.7. The van der Waals surface area contributed by atoms with Gasteiger partial charge in [0.2, 0.25) is 10.0 Å². The highest BCUT2D eigenvalue weighted by molar-refractivity contribution is 7.90. The maximum atomic E-state index is 12.3. The van der Waals surface area contributed by atoms with Gasteiger partial charge in [-0.1, -0.05) is 6.07 Å². The number of ether oxygens (including phenoxy) is 1. The van der Waals surface area contributed by atoms with Crippen molar-refractivity contribution in [3.8, 4) is 5.75 Å². The third kappa shape index (κ3) is 6.11. The molecule has 0 aromatic heterocycles. The third-order valence-electron chi connectivity index (χ3n) is 5.59. The lowest BCUT2D eigenvalue weighted by Gasteiger charge is -2.31. The fourth-order valence-electron chi connectivity index (χ4n) is 3.34. The molecule has 0 radical (unpaired) electrons. The molecule has 152 valence electrons. The number of nitrogens with one attached hydrogen (secondary N) is 2. The van der Waals surface area contributed by atoms with Crippen LogP contribution in [0.5, 0.6) is 5.75 Å². The minimum Gasteiger partial charge on any atom is -0.493 e. The quantitative estimate of drug-likeness (QED) is 0.695. The molecule has 5 nitrogen and oxygen atoms in total. The molecule has 6 heteroatoms. The molecule has 0 atom stereocenters. The van der Waals surface area contributed by atoms with Gasteiger partial charge in [-0.3, -0.25) is 0 Å². The summed E-state index contributed by atoms with van der Waals surface area (Å²) in [6.07, 6.45) is 6.50. The second kappa shape index (κ2) is 8.39. The SMILES string of the molecule is CC(C)(C)S(=O)(=O)N[C@H]1CC[C@H](CNc2cccc(OCC3CC3)c2)CC1. The van der Waals surface area contributed by atoms with Crippen LogP contribution in [0.3, 0.4) is 0 Å². The van der Waals surface area contributed by atoms with Gasteiger partial charge >= 0.3 is 0 Å². The molecule has 0 bridgehead atoms. The Hall–Kier alpha value is -1.27. The van der Waals surface area contributed by atoms with E-state index in [1.54, 1.807) is 20.8 Å². The summed E-state index contributed by atoms with van der Waals surface area (Å²) < 4.78 is 32.6. The second-order valence-electron chi connectivity index (χ2n) is 9.11. The van der Waals surface area contributed by atoms with Gasteiger partial charge in [0.05, 0.1) is 11.4 Å². The average molecular weight is 395 g/mol. The number of anilines is 1. The summed E-state index contributed by atoms with van der Waals surface area (Å²) in [5, 5.41) is 3.53. The van der Waals surface area contributed by atoms with Gasteiger partial charge in [-0.15, -0.1) is 0 Å². The summed E-state index contributed by atoms with van der Waals surface area (Å²) in [6.45, 7) is 6.98. The minimum absolute atomic E-state index is 0.0737. The molecule has 0 amide bonds. The van der Waals surface area contributed by atoms with Gasteiger partial charge in [-0.25, -0.2) is 13.1 Å². The van der Waals surface area contributed by atoms with Crippen molar-refractivity contribution in [1.82, 2.24) is 4.72 Å². The monoisotopic (exact) mass is 394 g/mol. The van der Waals surface area contributed by atoms with Crippen molar-refractivity contribution in [2.24, 2.45) is 11.8 Å². The van der Waals surface area contributed by atoms with E-state index in [4.69, 9.17) is 4.74 Å². The van der Waals surface area contributed by atoms with Crippen LogP contribution in [0.15, 0.2) is 24.3 Å². The summed E-state index contributed by atoms with van der Waals surface area (Å²) in [5.41, 5.74) is 1.10. The maximum Gasteiger partial charge on any atom is 0.216 e. The van der Waals surface area contributed by atoms with Crippen LogP contribution in [-0.2, 0) is 10.0 Å². The zero-order chi connectivity index (χ0) is 19.5. The largest absolute Gasteiger partial charge is 0.493 e. The summed E-state index contributed by atoms with van der Waals surface area (Å²) >= 11 is 0. The van der Waals surface area contributed by atoms with E-state index in [9.17, 15) is 8.42 Å². The summed E-state index contributed by atoms with van der Waals surface area (Å²) in [5.74, 6) is 2.27. The Balaban J connectivity index is 1.41. The predicted octanol–water partition coefficient (Wildman–Crippen LogP) is 4.16. The Morgan fingerprint density at radius 3 is 2.33 bits per heavy atom. The summed E-state index contributed by atoms with van der Waals surface area (Å²) in [6, 6.07) is 8.27. The summed E-state index contributed by atoms with van der Waals surface area (Å²) in [4.78, 5) is 0. The molecule has 0 saturated heterocycles. The van der Waals surface area contributed by atoms with Crippen LogP contribution in [0, 0.1) is 11.8 Å². The van der Waals surface area contributed by atoms with E-state index in [-0.39, 0.29) is 6.04 Å². The first-order valence-electron chi connectivity index (χ1n) is 10.2. The lowest BCUT2D eigenvalue weighted by Crippen LogP contribution is -2.46. The topological polar surface area (TPSA) is 67.4 Å². The van der Waals surface area contributed by atoms with E-state index in [0.717, 1.165) is 56.2 Å². The lowest BCUT2D eigenvalue weighted by molar-refractivity contribution is 0.300. The molecule has 27 heavy (non-hydrogen) atoms. The highest BCUT2D eigenvalue weighted by Gasteiger charge is 2.32. The Labute approximate surface area is 164 Å². The zero-order valence-electron chi connectivity index (χ0n) is 16.8. The van der Waals surface area contributed by atoms with Crippen LogP contribution in [0.2, 0.25) is 0 Å². The van der Waals surface area contributed by atoms with Gasteiger partial charge in [-0.05, 0) is 83.3 Å². The van der Waals surface area contributed by atoms with E-state index < -0.39 is 14.8 Å². The van der Waals surface area contributed by atoms with E-state index in [2.05, 4.69) is 22.2 Å². The Morgan fingerprint density at radius 1 is 1.04 bits per heavy atom. The van der Waals surface area contributed by atoms with Crippen molar-refractivity contribution in [1.29, 1.82) is 0 Å². The fourth-order valence-corrected chi connectivity index (χ4v) is 4.37. The van der Waals surface area contributed by atoms with Crippen LogP contribution in [0.4, 0.5) is 5.69 Å². The highest BCUT2D eigenvalue weighted by atomic mass is 32.2. The number of sulfonamides is 1. The highest BCUT2D eigenvalue weighted by Crippen LogP contribution is 2.30. The minimum atomic E-state index is -3.26. The molecule has 2 fully saturated rings. The average Bonchev–Trinajstić information content (AvgIpc) is 3.43. The van der Waals surface area contributed by atoms with Crippen LogP contribution < -0.4 is 14.8 Å². The number of hydrogen-bond donors (Lipinski definition) is 2. The normalized spacial score (nSPS) is 23.8. The first kappa shape index (κ1) is 20.5. The molecular formula is C21H34N2O3S. The molecule has 0 aliphatic heterocycles. The molecule has 0 heterocycles. The molecular weight excluding hydrogens is 360 g/mol. The molecule has 1 aromatic rings. The van der Waals surface area contributed by atoms with Crippen molar-refractivity contribution < 1.29 is 13.2 Å². The standard InChI is InChI=1S/C21H34N2O3S/c1-21(2,3)27(24,25)23-18-11-9-16(10-12-18)14-22-19-5-4-6-20(13-19)26-15-17-7-8-17/h4-6,13,16-18,22-23H,7-12,14-15H2,1-3H3/t16-,18-. The predicted molar refractivity (Wildman–Crippen MR) is 111 cm³/mol. The van der Waals surface area contributed by atoms with E-state index in [0.29, 0.717) is 5.92 Å². The van der Waals surface area contributed by atoms with Gasteiger partial charge in [-0.2, -0.15) is 0 Å². The van der Waals surface area contributed by atoms with Crippen LogP contribution in [-0.4, -0.2) is 32.4 Å². The Bertz CT molecular complexity index is 715. The molecule has 2 aliphatic rings. The number of rotatable bonds is 8. The first-order valence-corrected chi connectivity index (χ1v) is 11.7. The Morgan fingerprint density at radius 2 is 1.70 bits per heavy atom. The summed E-state index contributed by atoms with van der Waals surface area (Å²) in [7, 11) is -3.26.